The SMILES string of the molecule is NC(=O)c1cnc(NC[C@@H]2CCCC[C@@H]2N)nc1Nc1cccc(-n2nccn2)c1. The van der Waals surface area contributed by atoms with Crippen LogP contribution in [0.3, 0.4) is 0 Å². The van der Waals surface area contributed by atoms with Crippen molar-refractivity contribution in [2.75, 3.05) is 17.2 Å². The quantitative estimate of drug-likeness (QED) is 0.463. The fourth-order valence-electron chi connectivity index (χ4n) is 3.65. The Morgan fingerprint density at radius 2 is 2.00 bits per heavy atom. The van der Waals surface area contributed by atoms with E-state index in [0.29, 0.717) is 29.9 Å². The molecule has 0 radical (unpaired) electrons. The molecule has 1 aromatic carbocycles. The van der Waals surface area contributed by atoms with E-state index in [1.165, 1.54) is 23.8 Å². The van der Waals surface area contributed by atoms with E-state index < -0.39 is 5.91 Å². The molecule has 10 nitrogen and oxygen atoms in total. The van der Waals surface area contributed by atoms with E-state index in [4.69, 9.17) is 11.5 Å². The number of nitrogens with two attached hydrogens (primary N) is 2. The molecule has 0 aliphatic heterocycles. The topological polar surface area (TPSA) is 150 Å². The number of anilines is 3. The molecule has 3 aromatic rings. The number of hydrogen-bond donors (Lipinski definition) is 4. The van der Waals surface area contributed by atoms with Crippen LogP contribution in [0.25, 0.3) is 5.69 Å². The van der Waals surface area contributed by atoms with Crippen LogP contribution in [0.15, 0.2) is 42.9 Å². The molecule has 6 N–H and O–H groups in total. The molecule has 1 aliphatic carbocycles. The molecule has 1 aliphatic rings. The van der Waals surface area contributed by atoms with Crippen LogP contribution < -0.4 is 22.1 Å². The predicted octanol–water partition coefficient (Wildman–Crippen LogP) is 1.83. The highest BCUT2D eigenvalue weighted by atomic mass is 16.1. The third-order valence-corrected chi connectivity index (χ3v) is 5.30. The zero-order valence-corrected chi connectivity index (χ0v) is 16.5. The van der Waals surface area contributed by atoms with Gasteiger partial charge in [0.15, 0.2) is 0 Å². The van der Waals surface area contributed by atoms with E-state index in [1.54, 1.807) is 12.4 Å². The average molecular weight is 407 g/mol. The van der Waals surface area contributed by atoms with Crippen LogP contribution in [0.5, 0.6) is 0 Å². The van der Waals surface area contributed by atoms with Crippen LogP contribution in [0.1, 0.15) is 36.0 Å². The number of hydrogen-bond acceptors (Lipinski definition) is 8. The van der Waals surface area contributed by atoms with E-state index in [-0.39, 0.29) is 11.6 Å². The zero-order chi connectivity index (χ0) is 20.9. The fraction of sp³-hybridized carbons (Fsp3) is 0.350. The van der Waals surface area contributed by atoms with E-state index >= 15 is 0 Å². The van der Waals surface area contributed by atoms with Gasteiger partial charge in [-0.2, -0.15) is 20.0 Å². The fourth-order valence-corrected chi connectivity index (χ4v) is 3.65. The van der Waals surface area contributed by atoms with Crippen molar-refractivity contribution in [3.63, 3.8) is 0 Å². The molecule has 1 amide bonds. The Labute approximate surface area is 174 Å². The third-order valence-electron chi connectivity index (χ3n) is 5.30. The summed E-state index contributed by atoms with van der Waals surface area (Å²) in [5.74, 6) is 0.528. The van der Waals surface area contributed by atoms with Gasteiger partial charge in [-0.3, -0.25) is 4.79 Å². The van der Waals surface area contributed by atoms with Crippen molar-refractivity contribution in [3.8, 4) is 5.69 Å². The molecule has 0 unspecified atom stereocenters. The summed E-state index contributed by atoms with van der Waals surface area (Å²) in [6.45, 7) is 0.691. The lowest BCUT2D eigenvalue weighted by Gasteiger charge is -2.28. The maximum atomic E-state index is 11.9. The second-order valence-corrected chi connectivity index (χ2v) is 7.40. The molecule has 156 valence electrons. The number of rotatable bonds is 7. The Morgan fingerprint density at radius 1 is 1.20 bits per heavy atom. The van der Waals surface area contributed by atoms with Gasteiger partial charge in [0.05, 0.1) is 18.1 Å². The van der Waals surface area contributed by atoms with Gasteiger partial charge in [-0.05, 0) is 37.0 Å². The molecular formula is C20H25N9O. The predicted molar refractivity (Wildman–Crippen MR) is 114 cm³/mol. The summed E-state index contributed by atoms with van der Waals surface area (Å²) in [6, 6.07) is 7.62. The van der Waals surface area contributed by atoms with Crippen LogP contribution in [-0.2, 0) is 0 Å². The van der Waals surface area contributed by atoms with Crippen LogP contribution in [0.2, 0.25) is 0 Å². The van der Waals surface area contributed by atoms with Crippen LogP contribution in [-0.4, -0.2) is 43.5 Å². The normalized spacial score (nSPS) is 18.7. The first kappa shape index (κ1) is 19.8. The Balaban J connectivity index is 1.53. The number of carbonyl (C=O) groups is 1. The Hall–Kier alpha value is -3.53. The minimum atomic E-state index is -0.608. The highest BCUT2D eigenvalue weighted by Gasteiger charge is 2.22. The first-order chi connectivity index (χ1) is 14.6. The van der Waals surface area contributed by atoms with Gasteiger partial charge in [0.2, 0.25) is 5.95 Å². The number of benzene rings is 1. The monoisotopic (exact) mass is 407 g/mol. The number of nitrogens with one attached hydrogen (secondary N) is 2. The average Bonchev–Trinajstić information content (AvgIpc) is 3.28. The summed E-state index contributed by atoms with van der Waals surface area (Å²) in [6.07, 6.45) is 9.14. The van der Waals surface area contributed by atoms with Gasteiger partial charge in [-0.1, -0.05) is 18.9 Å². The van der Waals surface area contributed by atoms with Gasteiger partial charge in [0.25, 0.3) is 5.91 Å². The van der Waals surface area contributed by atoms with Crippen molar-refractivity contribution in [2.45, 2.75) is 31.7 Å². The van der Waals surface area contributed by atoms with Crippen molar-refractivity contribution < 1.29 is 4.79 Å². The van der Waals surface area contributed by atoms with Gasteiger partial charge < -0.3 is 22.1 Å². The van der Waals surface area contributed by atoms with Gasteiger partial charge in [0, 0.05) is 24.5 Å². The molecule has 1 fully saturated rings. The highest BCUT2D eigenvalue weighted by Crippen LogP contribution is 2.24. The lowest BCUT2D eigenvalue weighted by molar-refractivity contribution is 0.100. The number of nitrogens with zero attached hydrogens (tertiary/aromatic N) is 5. The van der Waals surface area contributed by atoms with Crippen molar-refractivity contribution >= 4 is 23.4 Å². The summed E-state index contributed by atoms with van der Waals surface area (Å²) >= 11 is 0. The first-order valence-corrected chi connectivity index (χ1v) is 10.0. The van der Waals surface area contributed by atoms with Crippen LogP contribution in [0.4, 0.5) is 17.5 Å². The molecule has 1 saturated carbocycles. The standard InChI is InChI=1S/C20H25N9O/c21-17-7-2-1-4-13(17)11-23-20-24-12-16(18(22)30)19(28-20)27-14-5-3-6-15(10-14)29-25-8-9-26-29/h3,5-6,8-10,12-13,17H,1-2,4,7,11,21H2,(H2,22,30)(H2,23,24,27,28)/t13-,17-/m0/s1. The summed E-state index contributed by atoms with van der Waals surface area (Å²) < 4.78 is 0. The summed E-state index contributed by atoms with van der Waals surface area (Å²) in [4.78, 5) is 22.1. The lowest BCUT2D eigenvalue weighted by Crippen LogP contribution is -2.37. The lowest BCUT2D eigenvalue weighted by atomic mass is 9.85. The largest absolute Gasteiger partial charge is 0.365 e. The highest BCUT2D eigenvalue weighted by molar-refractivity contribution is 5.98. The molecule has 0 saturated heterocycles. The van der Waals surface area contributed by atoms with Gasteiger partial charge >= 0.3 is 0 Å². The molecule has 0 spiro atoms. The smallest absolute Gasteiger partial charge is 0.254 e. The maximum absolute atomic E-state index is 11.9. The number of primary amides is 1. The first-order valence-electron chi connectivity index (χ1n) is 10.0. The maximum Gasteiger partial charge on any atom is 0.254 e. The van der Waals surface area contributed by atoms with Crippen LogP contribution >= 0.6 is 0 Å². The second-order valence-electron chi connectivity index (χ2n) is 7.40. The van der Waals surface area contributed by atoms with E-state index in [0.717, 1.165) is 18.5 Å². The third kappa shape index (κ3) is 4.54. The van der Waals surface area contributed by atoms with Gasteiger partial charge in [-0.15, -0.1) is 0 Å². The number of carbonyl (C=O) groups excluding carboxylic acids is 1. The zero-order valence-electron chi connectivity index (χ0n) is 16.5. The Bertz CT molecular complexity index is 1010. The minimum Gasteiger partial charge on any atom is -0.365 e. The molecular weight excluding hydrogens is 382 g/mol. The summed E-state index contributed by atoms with van der Waals surface area (Å²) in [7, 11) is 0. The van der Waals surface area contributed by atoms with Crippen molar-refractivity contribution in [1.82, 2.24) is 25.0 Å². The van der Waals surface area contributed by atoms with Gasteiger partial charge in [-0.25, -0.2) is 4.98 Å². The van der Waals surface area contributed by atoms with Crippen molar-refractivity contribution in [2.24, 2.45) is 17.4 Å². The molecule has 30 heavy (non-hydrogen) atoms. The molecule has 0 bridgehead atoms. The Kier molecular flexibility index (Phi) is 5.84. The van der Waals surface area contributed by atoms with E-state index in [9.17, 15) is 4.79 Å². The van der Waals surface area contributed by atoms with Gasteiger partial charge in [0.1, 0.15) is 11.4 Å². The molecule has 2 aromatic heterocycles. The Morgan fingerprint density at radius 3 is 2.77 bits per heavy atom. The molecule has 4 rings (SSSR count). The minimum absolute atomic E-state index is 0.187. The van der Waals surface area contributed by atoms with Crippen LogP contribution in [0, 0.1) is 5.92 Å². The van der Waals surface area contributed by atoms with E-state index in [1.807, 2.05) is 24.3 Å². The van der Waals surface area contributed by atoms with E-state index in [2.05, 4.69) is 30.8 Å². The van der Waals surface area contributed by atoms with Crippen molar-refractivity contribution in [3.05, 3.63) is 48.4 Å². The summed E-state index contributed by atoms with van der Waals surface area (Å²) in [5, 5.41) is 14.7. The number of aromatic nitrogens is 5. The second kappa shape index (κ2) is 8.87. The number of amides is 1. The molecule has 10 heteroatoms. The molecule has 2 heterocycles. The molecule has 2 atom stereocenters. The summed E-state index contributed by atoms with van der Waals surface area (Å²) in [5.41, 5.74) is 13.4. The van der Waals surface area contributed by atoms with Crippen molar-refractivity contribution in [1.29, 1.82) is 0 Å².